The molecule has 5 nitrogen and oxygen atoms in total. The summed E-state index contributed by atoms with van der Waals surface area (Å²) >= 11 is 11.9. The second-order valence-electron chi connectivity index (χ2n) is 3.69. The molecule has 0 aliphatic rings. The van der Waals surface area contributed by atoms with Crippen molar-refractivity contribution in [3.05, 3.63) is 40.0 Å². The summed E-state index contributed by atoms with van der Waals surface area (Å²) in [6.07, 6.45) is 2.72. The molecule has 0 saturated heterocycles. The molecule has 1 aromatic heterocycles. The maximum Gasteiger partial charge on any atom is 0.176 e. The second-order valence-corrected chi connectivity index (χ2v) is 4.51. The van der Waals surface area contributed by atoms with Crippen LogP contribution in [0.4, 0.5) is 5.82 Å². The number of halogens is 2. The molecule has 2 rings (SSSR count). The highest BCUT2D eigenvalue weighted by Crippen LogP contribution is 2.28. The Morgan fingerprint density at radius 3 is 2.90 bits per heavy atom. The van der Waals surface area contributed by atoms with Crippen LogP contribution in [0.5, 0.6) is 0 Å². The molecule has 0 radical (unpaired) electrons. The zero-order valence-electron chi connectivity index (χ0n) is 10.5. The van der Waals surface area contributed by atoms with Crippen molar-refractivity contribution >= 4 is 35.4 Å². The standard InChI is InChI=1S/C13H10Cl2N4O/c1-2-20-8-17-13-9(6-16)7-18-19(13)10-3-4-11(14)12(15)5-10/h3-5,7-8H,2H2,1H3/b17-8+. The maximum absolute atomic E-state index is 9.07. The topological polar surface area (TPSA) is 63.2 Å². The van der Waals surface area contributed by atoms with E-state index < -0.39 is 0 Å². The molecule has 1 heterocycles. The molecule has 0 bridgehead atoms. The molecule has 20 heavy (non-hydrogen) atoms. The first-order valence-electron chi connectivity index (χ1n) is 5.75. The normalized spacial score (nSPS) is 10.7. The van der Waals surface area contributed by atoms with Crippen LogP contribution in [0.1, 0.15) is 12.5 Å². The van der Waals surface area contributed by atoms with Gasteiger partial charge in [0.05, 0.1) is 28.5 Å². The zero-order valence-corrected chi connectivity index (χ0v) is 12.1. The summed E-state index contributed by atoms with van der Waals surface area (Å²) in [5.41, 5.74) is 0.997. The minimum atomic E-state index is 0.340. The van der Waals surface area contributed by atoms with E-state index in [2.05, 4.69) is 10.1 Å². The van der Waals surface area contributed by atoms with E-state index >= 15 is 0 Å². The quantitative estimate of drug-likeness (QED) is 0.638. The van der Waals surface area contributed by atoms with Gasteiger partial charge in [-0.05, 0) is 25.1 Å². The van der Waals surface area contributed by atoms with Gasteiger partial charge in [-0.2, -0.15) is 15.4 Å². The Morgan fingerprint density at radius 1 is 1.45 bits per heavy atom. The fourth-order valence-electron chi connectivity index (χ4n) is 1.51. The van der Waals surface area contributed by atoms with Crippen molar-refractivity contribution in [2.45, 2.75) is 6.92 Å². The van der Waals surface area contributed by atoms with E-state index in [0.29, 0.717) is 33.7 Å². The molecule has 0 aliphatic heterocycles. The molecule has 2 aromatic rings. The van der Waals surface area contributed by atoms with E-state index in [-0.39, 0.29) is 0 Å². The molecule has 0 N–H and O–H groups in total. The molecule has 0 saturated carbocycles. The minimum Gasteiger partial charge on any atom is -0.483 e. The van der Waals surface area contributed by atoms with Crippen molar-refractivity contribution in [1.82, 2.24) is 9.78 Å². The number of aromatic nitrogens is 2. The zero-order chi connectivity index (χ0) is 14.5. The first kappa shape index (κ1) is 14.4. The molecule has 0 spiro atoms. The lowest BCUT2D eigenvalue weighted by Crippen LogP contribution is -1.96. The molecule has 1 aromatic carbocycles. The summed E-state index contributed by atoms with van der Waals surface area (Å²) in [7, 11) is 0. The largest absolute Gasteiger partial charge is 0.483 e. The van der Waals surface area contributed by atoms with Crippen LogP contribution in [0, 0.1) is 11.3 Å². The van der Waals surface area contributed by atoms with Crippen molar-refractivity contribution in [2.75, 3.05) is 6.61 Å². The molecule has 102 valence electrons. The van der Waals surface area contributed by atoms with Crippen LogP contribution in [-0.4, -0.2) is 22.8 Å². The molecular formula is C13H10Cl2N4O. The van der Waals surface area contributed by atoms with Gasteiger partial charge in [0.15, 0.2) is 12.2 Å². The van der Waals surface area contributed by atoms with Crippen molar-refractivity contribution in [3.8, 4) is 11.8 Å². The van der Waals surface area contributed by atoms with Crippen LogP contribution < -0.4 is 0 Å². The number of rotatable bonds is 4. The summed E-state index contributed by atoms with van der Waals surface area (Å²) in [5, 5.41) is 14.0. The Bertz CT molecular complexity index is 688. The lowest BCUT2D eigenvalue weighted by molar-refractivity contribution is 0.343. The highest BCUT2D eigenvalue weighted by atomic mass is 35.5. The van der Waals surface area contributed by atoms with Crippen LogP contribution in [0.25, 0.3) is 5.69 Å². The number of benzene rings is 1. The summed E-state index contributed by atoms with van der Waals surface area (Å²) < 4.78 is 6.55. The van der Waals surface area contributed by atoms with E-state index in [1.165, 1.54) is 17.3 Å². The van der Waals surface area contributed by atoms with Crippen molar-refractivity contribution in [3.63, 3.8) is 0 Å². The highest BCUT2D eigenvalue weighted by Gasteiger charge is 2.12. The maximum atomic E-state index is 9.07. The lowest BCUT2D eigenvalue weighted by Gasteiger charge is -2.05. The van der Waals surface area contributed by atoms with Gasteiger partial charge in [0.1, 0.15) is 11.6 Å². The summed E-state index contributed by atoms with van der Waals surface area (Å²) in [6.45, 7) is 2.33. The van der Waals surface area contributed by atoms with Gasteiger partial charge in [-0.3, -0.25) is 0 Å². The Hall–Kier alpha value is -2.03. The van der Waals surface area contributed by atoms with Crippen molar-refractivity contribution in [1.29, 1.82) is 5.26 Å². The summed E-state index contributed by atoms with van der Waals surface area (Å²) in [6, 6.07) is 7.07. The van der Waals surface area contributed by atoms with Crippen molar-refractivity contribution in [2.24, 2.45) is 4.99 Å². The molecular weight excluding hydrogens is 299 g/mol. The van der Waals surface area contributed by atoms with Gasteiger partial charge in [0.25, 0.3) is 0 Å². The van der Waals surface area contributed by atoms with Gasteiger partial charge < -0.3 is 4.74 Å². The first-order valence-corrected chi connectivity index (χ1v) is 6.50. The van der Waals surface area contributed by atoms with Crippen LogP contribution >= 0.6 is 23.2 Å². The average molecular weight is 309 g/mol. The van der Waals surface area contributed by atoms with Crippen LogP contribution in [0.2, 0.25) is 10.0 Å². The van der Waals surface area contributed by atoms with Gasteiger partial charge in [-0.1, -0.05) is 23.2 Å². The van der Waals surface area contributed by atoms with Gasteiger partial charge in [0, 0.05) is 0 Å². The Morgan fingerprint density at radius 2 is 2.25 bits per heavy atom. The van der Waals surface area contributed by atoms with Gasteiger partial charge in [-0.25, -0.2) is 4.68 Å². The summed E-state index contributed by atoms with van der Waals surface area (Å²) in [4.78, 5) is 4.11. The SMILES string of the molecule is CCO/C=N/c1c(C#N)cnn1-c1ccc(Cl)c(Cl)c1. The van der Waals surface area contributed by atoms with Crippen LogP contribution in [-0.2, 0) is 4.74 Å². The molecule has 0 fully saturated rings. The van der Waals surface area contributed by atoms with Crippen LogP contribution in [0.15, 0.2) is 29.4 Å². The number of hydrogen-bond acceptors (Lipinski definition) is 4. The fourth-order valence-corrected chi connectivity index (χ4v) is 1.80. The number of hydrogen-bond donors (Lipinski definition) is 0. The highest BCUT2D eigenvalue weighted by molar-refractivity contribution is 6.42. The number of nitrogens with zero attached hydrogens (tertiary/aromatic N) is 4. The van der Waals surface area contributed by atoms with Gasteiger partial charge >= 0.3 is 0 Å². The van der Waals surface area contributed by atoms with Gasteiger partial charge in [-0.15, -0.1) is 0 Å². The Balaban J connectivity index is 2.48. The molecule has 0 atom stereocenters. The lowest BCUT2D eigenvalue weighted by atomic mass is 10.3. The predicted molar refractivity (Wildman–Crippen MR) is 78.1 cm³/mol. The third-order valence-electron chi connectivity index (χ3n) is 2.43. The predicted octanol–water partition coefficient (Wildman–Crippen LogP) is 3.75. The monoisotopic (exact) mass is 308 g/mol. The fraction of sp³-hybridized carbons (Fsp3) is 0.154. The molecule has 0 unspecified atom stereocenters. The molecule has 7 heteroatoms. The molecule has 0 aliphatic carbocycles. The Labute approximate surface area is 126 Å². The van der Waals surface area contributed by atoms with E-state index in [1.807, 2.05) is 13.0 Å². The number of aliphatic imine (C=N–C) groups is 1. The smallest absolute Gasteiger partial charge is 0.176 e. The third kappa shape index (κ3) is 2.93. The second kappa shape index (κ2) is 6.42. The average Bonchev–Trinajstić information content (AvgIpc) is 2.85. The van der Waals surface area contributed by atoms with E-state index in [0.717, 1.165) is 0 Å². The van der Waals surface area contributed by atoms with Crippen LogP contribution in [0.3, 0.4) is 0 Å². The van der Waals surface area contributed by atoms with Gasteiger partial charge in [0.2, 0.25) is 0 Å². The Kier molecular flexibility index (Phi) is 4.61. The molecule has 0 amide bonds. The third-order valence-corrected chi connectivity index (χ3v) is 3.17. The van der Waals surface area contributed by atoms with E-state index in [1.54, 1.807) is 18.2 Å². The number of nitriles is 1. The first-order chi connectivity index (χ1) is 9.67. The van der Waals surface area contributed by atoms with Crippen molar-refractivity contribution < 1.29 is 4.74 Å². The summed E-state index contributed by atoms with van der Waals surface area (Å²) in [5.74, 6) is 0.374. The number of ether oxygens (including phenoxy) is 1. The van der Waals surface area contributed by atoms with E-state index in [4.69, 9.17) is 33.2 Å². The minimum absolute atomic E-state index is 0.340. The van der Waals surface area contributed by atoms with E-state index in [9.17, 15) is 0 Å².